The lowest BCUT2D eigenvalue weighted by molar-refractivity contribution is 0.133. The van der Waals surface area contributed by atoms with E-state index in [1.807, 2.05) is 12.1 Å². The van der Waals surface area contributed by atoms with Crippen LogP contribution in [0.1, 0.15) is 20.8 Å². The average molecular weight is 557 g/mol. The fourth-order valence-corrected chi connectivity index (χ4v) is 10.5. The van der Waals surface area contributed by atoms with E-state index in [1.165, 1.54) is 26.5 Å². The predicted octanol–water partition coefficient (Wildman–Crippen LogP) is 8.45. The van der Waals surface area contributed by atoms with Gasteiger partial charge in [0.25, 0.3) is 0 Å². The standard InChI is InChI=1S/C33H37ClO2Si2/c1-33(2,3)36-30-27(22-15-11-9-12-16-22)32(38(7,8)24-17-13-10-14-18-24)29-28(31(30)37(4,5)6)25-21-23(34)19-20-26(25)35-29/h9-21H,1-8H3. The molecule has 196 valence electrons. The van der Waals surface area contributed by atoms with Crippen molar-refractivity contribution in [2.24, 2.45) is 0 Å². The molecule has 0 spiro atoms. The summed E-state index contributed by atoms with van der Waals surface area (Å²) in [5.41, 5.74) is 3.82. The first-order chi connectivity index (χ1) is 17.8. The van der Waals surface area contributed by atoms with Gasteiger partial charge in [0.15, 0.2) is 0 Å². The highest BCUT2D eigenvalue weighted by molar-refractivity contribution is 7.03. The van der Waals surface area contributed by atoms with Gasteiger partial charge in [-0.1, -0.05) is 110 Å². The maximum atomic E-state index is 7.06. The maximum absolute atomic E-state index is 7.06. The minimum atomic E-state index is -2.30. The number of hydrogen-bond acceptors (Lipinski definition) is 2. The van der Waals surface area contributed by atoms with E-state index < -0.39 is 16.1 Å². The molecule has 4 aromatic carbocycles. The van der Waals surface area contributed by atoms with Crippen LogP contribution in [0.25, 0.3) is 33.1 Å². The Morgan fingerprint density at radius 2 is 1.37 bits per heavy atom. The maximum Gasteiger partial charge on any atom is 0.135 e. The molecule has 0 saturated heterocycles. The zero-order chi connectivity index (χ0) is 27.5. The molecule has 5 heteroatoms. The van der Waals surface area contributed by atoms with Crippen molar-refractivity contribution in [1.29, 1.82) is 0 Å². The van der Waals surface area contributed by atoms with Crippen molar-refractivity contribution >= 4 is 65.2 Å². The Morgan fingerprint density at radius 3 is 1.95 bits per heavy atom. The lowest BCUT2D eigenvalue weighted by atomic mass is 10.0. The predicted molar refractivity (Wildman–Crippen MR) is 171 cm³/mol. The van der Waals surface area contributed by atoms with E-state index >= 15 is 0 Å². The number of halogens is 1. The molecular weight excluding hydrogens is 520 g/mol. The minimum absolute atomic E-state index is 0.376. The van der Waals surface area contributed by atoms with Crippen LogP contribution in [-0.2, 0) is 0 Å². The zero-order valence-corrected chi connectivity index (χ0v) is 26.5. The second-order valence-corrected chi connectivity index (χ2v) is 22.5. The molecule has 0 N–H and O–H groups in total. The van der Waals surface area contributed by atoms with Gasteiger partial charge >= 0.3 is 0 Å². The highest BCUT2D eigenvalue weighted by Crippen LogP contribution is 2.41. The summed E-state index contributed by atoms with van der Waals surface area (Å²) in [4.78, 5) is 0. The topological polar surface area (TPSA) is 22.4 Å². The molecule has 0 saturated carbocycles. The Bertz CT molecular complexity index is 1620. The molecule has 2 nitrogen and oxygen atoms in total. The Morgan fingerprint density at radius 1 is 0.763 bits per heavy atom. The molecule has 0 unspecified atom stereocenters. The second-order valence-electron chi connectivity index (χ2n) is 12.7. The van der Waals surface area contributed by atoms with Gasteiger partial charge in [-0.15, -0.1) is 0 Å². The van der Waals surface area contributed by atoms with Gasteiger partial charge in [-0.3, -0.25) is 0 Å². The van der Waals surface area contributed by atoms with Crippen molar-refractivity contribution in [3.05, 3.63) is 83.9 Å². The highest BCUT2D eigenvalue weighted by atomic mass is 35.5. The fraction of sp³-hybridized carbons (Fsp3) is 0.273. The smallest absolute Gasteiger partial charge is 0.135 e. The molecule has 5 aromatic rings. The summed E-state index contributed by atoms with van der Waals surface area (Å²) in [5, 5.41) is 6.89. The summed E-state index contributed by atoms with van der Waals surface area (Å²) in [5.74, 6) is 1.00. The lowest BCUT2D eigenvalue weighted by Crippen LogP contribution is -2.55. The third-order valence-corrected chi connectivity index (χ3v) is 12.9. The van der Waals surface area contributed by atoms with E-state index in [0.29, 0.717) is 5.02 Å². The van der Waals surface area contributed by atoms with Crippen LogP contribution in [-0.4, -0.2) is 21.7 Å². The van der Waals surface area contributed by atoms with Crippen molar-refractivity contribution in [3.8, 4) is 16.9 Å². The van der Waals surface area contributed by atoms with E-state index in [1.54, 1.807) is 0 Å². The molecule has 0 aliphatic rings. The number of ether oxygens (including phenoxy) is 1. The zero-order valence-electron chi connectivity index (χ0n) is 23.7. The molecule has 38 heavy (non-hydrogen) atoms. The van der Waals surface area contributed by atoms with Gasteiger partial charge in [0.1, 0.15) is 30.6 Å². The molecule has 1 aromatic heterocycles. The first-order valence-corrected chi connectivity index (χ1v) is 20.2. The molecule has 0 atom stereocenters. The summed E-state index contributed by atoms with van der Waals surface area (Å²) in [6, 6.07) is 27.7. The number of benzene rings is 4. The Balaban J connectivity index is 2.11. The van der Waals surface area contributed by atoms with Gasteiger partial charge in [0, 0.05) is 21.4 Å². The molecule has 0 aliphatic heterocycles. The van der Waals surface area contributed by atoms with E-state index in [4.69, 9.17) is 20.8 Å². The fourth-order valence-electron chi connectivity index (χ4n) is 5.56. The number of fused-ring (bicyclic) bond motifs is 3. The Hall–Kier alpha value is -2.80. The molecule has 0 fully saturated rings. The van der Waals surface area contributed by atoms with Crippen LogP contribution >= 0.6 is 11.6 Å². The lowest BCUT2D eigenvalue weighted by Gasteiger charge is -2.34. The van der Waals surface area contributed by atoms with Gasteiger partial charge in [-0.25, -0.2) is 0 Å². The summed E-state index contributed by atoms with van der Waals surface area (Å²) >= 11 is 6.59. The first-order valence-electron chi connectivity index (χ1n) is 13.3. The van der Waals surface area contributed by atoms with E-state index in [0.717, 1.165) is 27.9 Å². The van der Waals surface area contributed by atoms with Crippen molar-refractivity contribution in [2.75, 3.05) is 0 Å². The third-order valence-electron chi connectivity index (χ3n) is 7.17. The van der Waals surface area contributed by atoms with Crippen molar-refractivity contribution < 1.29 is 9.15 Å². The van der Waals surface area contributed by atoms with Crippen LogP contribution in [0.5, 0.6) is 5.75 Å². The first kappa shape index (κ1) is 26.8. The van der Waals surface area contributed by atoms with Crippen LogP contribution in [0.2, 0.25) is 37.8 Å². The molecule has 0 amide bonds. The molecule has 0 aliphatic carbocycles. The third kappa shape index (κ3) is 4.74. The second kappa shape index (κ2) is 9.44. The highest BCUT2D eigenvalue weighted by Gasteiger charge is 2.40. The van der Waals surface area contributed by atoms with Crippen LogP contribution in [0, 0.1) is 0 Å². The number of rotatable bonds is 5. The van der Waals surface area contributed by atoms with E-state index in [9.17, 15) is 0 Å². The normalized spacial score (nSPS) is 12.9. The molecular formula is C33H37ClO2Si2. The summed E-state index contributed by atoms with van der Waals surface area (Å²) in [6.45, 7) is 18.5. The molecule has 0 bridgehead atoms. The SMILES string of the molecule is CC(C)(C)Oc1c(-c2ccccc2)c([Si](C)(C)c2ccccc2)c2oc3ccc(Cl)cc3c2c1[Si](C)(C)C. The summed E-state index contributed by atoms with van der Waals surface area (Å²) < 4.78 is 13.9. The van der Waals surface area contributed by atoms with Crippen LogP contribution in [0.4, 0.5) is 0 Å². The molecule has 1 heterocycles. The number of furan rings is 1. The van der Waals surface area contributed by atoms with Gasteiger partial charge in [0.2, 0.25) is 0 Å². The quantitative estimate of drug-likeness (QED) is 0.203. The summed E-state index contributed by atoms with van der Waals surface area (Å²) in [6.07, 6.45) is 0. The van der Waals surface area contributed by atoms with Crippen molar-refractivity contribution in [1.82, 2.24) is 0 Å². The van der Waals surface area contributed by atoms with E-state index in [2.05, 4.69) is 120 Å². The summed E-state index contributed by atoms with van der Waals surface area (Å²) in [7, 11) is -4.28. The van der Waals surface area contributed by atoms with Crippen molar-refractivity contribution in [3.63, 3.8) is 0 Å². The Labute approximate surface area is 233 Å². The van der Waals surface area contributed by atoms with Crippen LogP contribution in [0.3, 0.4) is 0 Å². The monoisotopic (exact) mass is 556 g/mol. The van der Waals surface area contributed by atoms with Gasteiger partial charge in [-0.2, -0.15) is 0 Å². The van der Waals surface area contributed by atoms with Crippen LogP contribution < -0.4 is 20.3 Å². The average Bonchev–Trinajstić information content (AvgIpc) is 3.20. The number of hydrogen-bond donors (Lipinski definition) is 0. The molecule has 0 radical (unpaired) electrons. The van der Waals surface area contributed by atoms with E-state index in [-0.39, 0.29) is 5.60 Å². The van der Waals surface area contributed by atoms with Crippen molar-refractivity contribution in [2.45, 2.75) is 59.1 Å². The largest absolute Gasteiger partial charge is 0.488 e. The van der Waals surface area contributed by atoms with Gasteiger partial charge in [0.05, 0.1) is 8.07 Å². The Kier molecular flexibility index (Phi) is 6.66. The van der Waals surface area contributed by atoms with Crippen LogP contribution in [0.15, 0.2) is 83.3 Å². The minimum Gasteiger partial charge on any atom is -0.488 e. The van der Waals surface area contributed by atoms with Gasteiger partial charge < -0.3 is 9.15 Å². The molecule has 5 rings (SSSR count). The van der Waals surface area contributed by atoms with Gasteiger partial charge in [-0.05, 0) is 54.9 Å².